The lowest BCUT2D eigenvalue weighted by Crippen LogP contribution is -2.41. The van der Waals surface area contributed by atoms with Crippen molar-refractivity contribution in [1.29, 1.82) is 0 Å². The van der Waals surface area contributed by atoms with Gasteiger partial charge < -0.3 is 4.90 Å². The molecule has 2 aliphatic rings. The Bertz CT molecular complexity index is 149. The van der Waals surface area contributed by atoms with Crippen LogP contribution in [0.15, 0.2) is 0 Å². The van der Waals surface area contributed by atoms with Crippen molar-refractivity contribution < 1.29 is 0 Å². The van der Waals surface area contributed by atoms with Crippen LogP contribution in [0.25, 0.3) is 0 Å². The fourth-order valence-corrected chi connectivity index (χ4v) is 3.22. The van der Waals surface area contributed by atoms with Gasteiger partial charge in [-0.25, -0.2) is 0 Å². The van der Waals surface area contributed by atoms with Gasteiger partial charge in [0.15, 0.2) is 0 Å². The number of rotatable bonds is 2. The van der Waals surface area contributed by atoms with Crippen molar-refractivity contribution in [3.8, 4) is 0 Å². The Balaban J connectivity index is 1.90. The Kier molecular flexibility index (Phi) is 3.26. The van der Waals surface area contributed by atoms with Crippen molar-refractivity contribution in [2.45, 2.75) is 57.9 Å². The summed E-state index contributed by atoms with van der Waals surface area (Å²) in [4.78, 5) is 2.78. The van der Waals surface area contributed by atoms with Crippen LogP contribution in [0.2, 0.25) is 0 Å². The molecule has 0 unspecified atom stereocenters. The van der Waals surface area contributed by atoms with Crippen LogP contribution in [0.5, 0.6) is 0 Å². The summed E-state index contributed by atoms with van der Waals surface area (Å²) in [5.74, 6) is 1.03. The van der Waals surface area contributed by atoms with Gasteiger partial charge in [-0.2, -0.15) is 0 Å². The van der Waals surface area contributed by atoms with E-state index in [1.807, 2.05) is 0 Å². The first-order chi connectivity index (χ1) is 6.42. The maximum atomic E-state index is 2.78. The lowest BCUT2D eigenvalue weighted by Gasteiger charge is -2.35. The molecular weight excluding hydrogens is 158 g/mol. The van der Waals surface area contributed by atoms with Crippen LogP contribution in [0.3, 0.4) is 0 Å². The highest BCUT2D eigenvalue weighted by Gasteiger charge is 2.30. The minimum atomic E-state index is 0.963. The summed E-state index contributed by atoms with van der Waals surface area (Å²) in [5, 5.41) is 0. The van der Waals surface area contributed by atoms with E-state index in [4.69, 9.17) is 0 Å². The van der Waals surface area contributed by atoms with E-state index < -0.39 is 0 Å². The molecule has 1 aliphatic heterocycles. The zero-order chi connectivity index (χ0) is 9.10. The summed E-state index contributed by atoms with van der Waals surface area (Å²) < 4.78 is 0. The molecular formula is C12H23N. The van der Waals surface area contributed by atoms with Crippen molar-refractivity contribution in [3.05, 3.63) is 0 Å². The second-order valence-electron chi connectivity index (χ2n) is 4.76. The van der Waals surface area contributed by atoms with Crippen LogP contribution >= 0.6 is 0 Å². The van der Waals surface area contributed by atoms with Crippen molar-refractivity contribution in [3.63, 3.8) is 0 Å². The maximum absolute atomic E-state index is 2.78. The van der Waals surface area contributed by atoms with E-state index >= 15 is 0 Å². The second kappa shape index (κ2) is 4.45. The zero-order valence-electron chi connectivity index (χ0n) is 8.97. The van der Waals surface area contributed by atoms with Crippen LogP contribution in [0.1, 0.15) is 51.9 Å². The third kappa shape index (κ3) is 2.07. The predicted molar refractivity (Wildman–Crippen MR) is 56.8 cm³/mol. The van der Waals surface area contributed by atoms with Crippen LogP contribution < -0.4 is 0 Å². The number of likely N-dealkylation sites (tertiary alicyclic amines) is 1. The van der Waals surface area contributed by atoms with Gasteiger partial charge in [0.2, 0.25) is 0 Å². The van der Waals surface area contributed by atoms with E-state index in [0.29, 0.717) is 0 Å². The molecule has 0 radical (unpaired) electrons. The molecule has 2 atom stereocenters. The Morgan fingerprint density at radius 1 is 1.00 bits per heavy atom. The van der Waals surface area contributed by atoms with Gasteiger partial charge in [-0.05, 0) is 44.7 Å². The SMILES string of the molecule is CC[C@@H]1CCC[C@@H]1N1CCCCC1. The number of piperidine rings is 1. The smallest absolute Gasteiger partial charge is 0.0123 e. The van der Waals surface area contributed by atoms with E-state index in [0.717, 1.165) is 12.0 Å². The topological polar surface area (TPSA) is 3.24 Å². The largest absolute Gasteiger partial charge is 0.300 e. The van der Waals surface area contributed by atoms with Crippen LogP contribution in [0.4, 0.5) is 0 Å². The Hall–Kier alpha value is -0.0400. The van der Waals surface area contributed by atoms with Crippen molar-refractivity contribution in [2.24, 2.45) is 5.92 Å². The summed E-state index contributed by atoms with van der Waals surface area (Å²) in [6, 6.07) is 0.963. The fourth-order valence-electron chi connectivity index (χ4n) is 3.22. The van der Waals surface area contributed by atoms with Gasteiger partial charge in [0, 0.05) is 6.04 Å². The maximum Gasteiger partial charge on any atom is 0.0123 e. The fraction of sp³-hybridized carbons (Fsp3) is 1.00. The van der Waals surface area contributed by atoms with Gasteiger partial charge in [0.1, 0.15) is 0 Å². The van der Waals surface area contributed by atoms with Crippen molar-refractivity contribution in [2.75, 3.05) is 13.1 Å². The molecule has 1 heterocycles. The van der Waals surface area contributed by atoms with E-state index in [2.05, 4.69) is 11.8 Å². The Labute approximate surface area is 82.5 Å². The lowest BCUT2D eigenvalue weighted by molar-refractivity contribution is 0.131. The minimum absolute atomic E-state index is 0.963. The molecule has 0 amide bonds. The van der Waals surface area contributed by atoms with Gasteiger partial charge in [-0.1, -0.05) is 26.2 Å². The number of hydrogen-bond acceptors (Lipinski definition) is 1. The van der Waals surface area contributed by atoms with E-state index in [1.54, 1.807) is 0 Å². The highest BCUT2D eigenvalue weighted by molar-refractivity contribution is 4.85. The third-order valence-electron chi connectivity index (χ3n) is 4.00. The zero-order valence-corrected chi connectivity index (χ0v) is 8.97. The molecule has 1 saturated heterocycles. The summed E-state index contributed by atoms with van der Waals surface area (Å²) in [5.41, 5.74) is 0. The highest BCUT2D eigenvalue weighted by atomic mass is 15.2. The van der Waals surface area contributed by atoms with E-state index in [-0.39, 0.29) is 0 Å². The summed E-state index contributed by atoms with van der Waals surface area (Å²) in [7, 11) is 0. The quantitative estimate of drug-likeness (QED) is 0.633. The normalized spacial score (nSPS) is 36.7. The molecule has 0 spiro atoms. The first kappa shape index (κ1) is 9.51. The van der Waals surface area contributed by atoms with Crippen molar-refractivity contribution >= 4 is 0 Å². The average Bonchev–Trinajstić information content (AvgIpc) is 2.67. The summed E-state index contributed by atoms with van der Waals surface area (Å²) in [6.45, 7) is 5.15. The Morgan fingerprint density at radius 3 is 2.46 bits per heavy atom. The van der Waals surface area contributed by atoms with Gasteiger partial charge in [-0.15, -0.1) is 0 Å². The molecule has 76 valence electrons. The Morgan fingerprint density at radius 2 is 1.77 bits per heavy atom. The molecule has 1 aliphatic carbocycles. The molecule has 0 aromatic rings. The lowest BCUT2D eigenvalue weighted by atomic mass is 9.97. The first-order valence-electron chi connectivity index (χ1n) is 6.16. The van der Waals surface area contributed by atoms with Gasteiger partial charge >= 0.3 is 0 Å². The number of nitrogens with zero attached hydrogens (tertiary/aromatic N) is 1. The molecule has 1 heteroatoms. The summed E-state index contributed by atoms with van der Waals surface area (Å²) in [6.07, 6.45) is 10.2. The average molecular weight is 181 g/mol. The standard InChI is InChI=1S/C12H23N/c1-2-11-7-6-8-12(11)13-9-4-3-5-10-13/h11-12H,2-10H2,1H3/t11-,12+/m1/s1. The van der Waals surface area contributed by atoms with Gasteiger partial charge in [-0.3, -0.25) is 0 Å². The molecule has 0 aromatic carbocycles. The monoisotopic (exact) mass is 181 g/mol. The molecule has 1 nitrogen and oxygen atoms in total. The highest BCUT2D eigenvalue weighted by Crippen LogP contribution is 2.33. The van der Waals surface area contributed by atoms with E-state index in [1.165, 1.54) is 58.0 Å². The molecule has 2 fully saturated rings. The van der Waals surface area contributed by atoms with Crippen LogP contribution in [-0.2, 0) is 0 Å². The van der Waals surface area contributed by atoms with Crippen LogP contribution in [-0.4, -0.2) is 24.0 Å². The predicted octanol–water partition coefficient (Wildman–Crippen LogP) is 3.05. The molecule has 2 rings (SSSR count). The molecule has 0 aromatic heterocycles. The third-order valence-corrected chi connectivity index (χ3v) is 4.00. The second-order valence-corrected chi connectivity index (χ2v) is 4.76. The first-order valence-corrected chi connectivity index (χ1v) is 6.16. The summed E-state index contributed by atoms with van der Waals surface area (Å²) >= 11 is 0. The molecule has 1 saturated carbocycles. The minimum Gasteiger partial charge on any atom is -0.300 e. The van der Waals surface area contributed by atoms with E-state index in [9.17, 15) is 0 Å². The molecule has 13 heavy (non-hydrogen) atoms. The molecule has 0 bridgehead atoms. The van der Waals surface area contributed by atoms with Gasteiger partial charge in [0.25, 0.3) is 0 Å². The van der Waals surface area contributed by atoms with Gasteiger partial charge in [0.05, 0.1) is 0 Å². The number of hydrogen-bond donors (Lipinski definition) is 0. The van der Waals surface area contributed by atoms with Crippen LogP contribution in [0, 0.1) is 5.92 Å². The van der Waals surface area contributed by atoms with Crippen molar-refractivity contribution in [1.82, 2.24) is 4.90 Å². The molecule has 0 N–H and O–H groups in total.